The third-order valence-corrected chi connectivity index (χ3v) is 4.18. The van der Waals surface area contributed by atoms with Crippen molar-refractivity contribution in [3.63, 3.8) is 0 Å². The van der Waals surface area contributed by atoms with E-state index in [0.717, 1.165) is 37.7 Å². The highest BCUT2D eigenvalue weighted by Gasteiger charge is 2.06. The van der Waals surface area contributed by atoms with Crippen molar-refractivity contribution in [2.75, 3.05) is 6.61 Å². The van der Waals surface area contributed by atoms with E-state index in [-0.39, 0.29) is 11.8 Å². The van der Waals surface area contributed by atoms with Crippen LogP contribution in [0.15, 0.2) is 24.3 Å². The monoisotopic (exact) mass is 332 g/mol. The summed E-state index contributed by atoms with van der Waals surface area (Å²) in [6.07, 6.45) is 9.59. The average molecular weight is 332 g/mol. The number of carbonyl (C=O) groups excluding carboxylic acids is 2. The molecule has 24 heavy (non-hydrogen) atoms. The first-order chi connectivity index (χ1) is 11.7. The van der Waals surface area contributed by atoms with Gasteiger partial charge >= 0.3 is 5.97 Å². The summed E-state index contributed by atoms with van der Waals surface area (Å²) in [6.45, 7) is 4.48. The van der Waals surface area contributed by atoms with Crippen LogP contribution in [-0.4, -0.2) is 18.4 Å². The highest BCUT2D eigenvalue weighted by atomic mass is 16.5. The van der Waals surface area contributed by atoms with Gasteiger partial charge in [0, 0.05) is 18.4 Å². The summed E-state index contributed by atoms with van der Waals surface area (Å²) in [4.78, 5) is 23.4. The number of hydrogen-bond donors (Lipinski definition) is 0. The van der Waals surface area contributed by atoms with Crippen molar-refractivity contribution in [3.05, 3.63) is 35.4 Å². The number of ether oxygens (including phenoxy) is 1. The Morgan fingerprint density at radius 3 is 2.12 bits per heavy atom. The highest BCUT2D eigenvalue weighted by Crippen LogP contribution is 2.13. The summed E-state index contributed by atoms with van der Waals surface area (Å²) in [7, 11) is 0. The third-order valence-electron chi connectivity index (χ3n) is 4.18. The molecule has 134 valence electrons. The highest BCUT2D eigenvalue weighted by molar-refractivity contribution is 5.96. The minimum atomic E-state index is -0.118. The van der Waals surface area contributed by atoms with Gasteiger partial charge in [-0.25, -0.2) is 0 Å². The first-order valence-electron chi connectivity index (χ1n) is 9.45. The van der Waals surface area contributed by atoms with Gasteiger partial charge in [0.2, 0.25) is 0 Å². The maximum atomic E-state index is 12.2. The molecule has 1 rings (SSSR count). The standard InChI is InChI=1S/C21H32O3/c1-3-5-8-11-18-14-16-19(17-15-18)20(22)12-9-6-7-10-13-21(23)24-4-2/h14-17H,3-13H2,1-2H3. The van der Waals surface area contributed by atoms with Crippen LogP contribution in [0, 0.1) is 0 Å². The molecule has 0 saturated heterocycles. The number of unbranched alkanes of at least 4 members (excludes halogenated alkanes) is 5. The van der Waals surface area contributed by atoms with Crippen LogP contribution < -0.4 is 0 Å². The minimum Gasteiger partial charge on any atom is -0.466 e. The lowest BCUT2D eigenvalue weighted by molar-refractivity contribution is -0.143. The van der Waals surface area contributed by atoms with Gasteiger partial charge in [0.25, 0.3) is 0 Å². The molecule has 3 nitrogen and oxygen atoms in total. The summed E-state index contributed by atoms with van der Waals surface area (Å²) >= 11 is 0. The molecule has 3 heteroatoms. The molecule has 0 aliphatic carbocycles. The average Bonchev–Trinajstić information content (AvgIpc) is 2.59. The van der Waals surface area contributed by atoms with Gasteiger partial charge in [0.05, 0.1) is 6.61 Å². The molecule has 0 heterocycles. The number of benzene rings is 1. The lowest BCUT2D eigenvalue weighted by Crippen LogP contribution is -2.03. The maximum Gasteiger partial charge on any atom is 0.305 e. The van der Waals surface area contributed by atoms with Crippen molar-refractivity contribution >= 4 is 11.8 Å². The Morgan fingerprint density at radius 1 is 0.833 bits per heavy atom. The Bertz CT molecular complexity index is 476. The predicted molar refractivity (Wildman–Crippen MR) is 98.3 cm³/mol. The molecule has 0 radical (unpaired) electrons. The molecule has 0 atom stereocenters. The van der Waals surface area contributed by atoms with Gasteiger partial charge in [0.15, 0.2) is 5.78 Å². The summed E-state index contributed by atoms with van der Waals surface area (Å²) < 4.78 is 4.89. The smallest absolute Gasteiger partial charge is 0.305 e. The van der Waals surface area contributed by atoms with Gasteiger partial charge in [-0.1, -0.05) is 56.9 Å². The molecule has 0 fully saturated rings. The SMILES string of the molecule is CCCCCc1ccc(C(=O)CCCCCCC(=O)OCC)cc1. The number of aryl methyl sites for hydroxylation is 1. The molecule has 0 N–H and O–H groups in total. The van der Waals surface area contributed by atoms with Gasteiger partial charge in [-0.05, 0) is 38.2 Å². The van der Waals surface area contributed by atoms with Crippen LogP contribution in [0.1, 0.15) is 87.6 Å². The molecule has 0 unspecified atom stereocenters. The summed E-state index contributed by atoms with van der Waals surface area (Å²) in [5.41, 5.74) is 2.14. The first-order valence-corrected chi connectivity index (χ1v) is 9.45. The lowest BCUT2D eigenvalue weighted by atomic mass is 10.0. The van der Waals surface area contributed by atoms with Gasteiger partial charge < -0.3 is 4.74 Å². The molecule has 0 saturated carbocycles. The van der Waals surface area contributed by atoms with Crippen LogP contribution in [0.25, 0.3) is 0 Å². The van der Waals surface area contributed by atoms with E-state index in [4.69, 9.17) is 4.74 Å². The van der Waals surface area contributed by atoms with E-state index in [1.165, 1.54) is 24.8 Å². The van der Waals surface area contributed by atoms with Crippen LogP contribution in [0.5, 0.6) is 0 Å². The van der Waals surface area contributed by atoms with E-state index in [1.54, 1.807) is 0 Å². The zero-order chi connectivity index (χ0) is 17.6. The van der Waals surface area contributed by atoms with E-state index >= 15 is 0 Å². The van der Waals surface area contributed by atoms with Crippen LogP contribution in [0.3, 0.4) is 0 Å². The zero-order valence-corrected chi connectivity index (χ0v) is 15.3. The molecule has 0 bridgehead atoms. The van der Waals surface area contributed by atoms with Gasteiger partial charge in [0.1, 0.15) is 0 Å². The van der Waals surface area contributed by atoms with Gasteiger partial charge in [-0.2, -0.15) is 0 Å². The van der Waals surface area contributed by atoms with Crippen LogP contribution in [0.2, 0.25) is 0 Å². The summed E-state index contributed by atoms with van der Waals surface area (Å²) in [5, 5.41) is 0. The van der Waals surface area contributed by atoms with E-state index in [9.17, 15) is 9.59 Å². The van der Waals surface area contributed by atoms with E-state index < -0.39 is 0 Å². The van der Waals surface area contributed by atoms with Crippen LogP contribution >= 0.6 is 0 Å². The number of ketones is 1. The topological polar surface area (TPSA) is 43.4 Å². The fourth-order valence-corrected chi connectivity index (χ4v) is 2.72. The molecule has 1 aromatic rings. The number of esters is 1. The molecular weight excluding hydrogens is 300 g/mol. The second kappa shape index (κ2) is 12.7. The first kappa shape index (κ1) is 20.4. The molecule has 0 aliphatic heterocycles. The fourth-order valence-electron chi connectivity index (χ4n) is 2.72. The molecule has 1 aromatic carbocycles. The Hall–Kier alpha value is -1.64. The quantitative estimate of drug-likeness (QED) is 0.272. The lowest BCUT2D eigenvalue weighted by Gasteiger charge is -2.05. The zero-order valence-electron chi connectivity index (χ0n) is 15.3. The van der Waals surface area contributed by atoms with E-state index in [2.05, 4.69) is 19.1 Å². The van der Waals surface area contributed by atoms with Crippen molar-refractivity contribution in [2.45, 2.75) is 78.1 Å². The fraction of sp³-hybridized carbons (Fsp3) is 0.619. The van der Waals surface area contributed by atoms with E-state index in [1.807, 2.05) is 19.1 Å². The van der Waals surface area contributed by atoms with Gasteiger partial charge in [-0.3, -0.25) is 9.59 Å². The molecule has 0 aliphatic rings. The number of hydrogen-bond acceptors (Lipinski definition) is 3. The normalized spacial score (nSPS) is 10.6. The number of rotatable bonds is 13. The molecular formula is C21H32O3. The van der Waals surface area contributed by atoms with Crippen LogP contribution in [0.4, 0.5) is 0 Å². The second-order valence-electron chi connectivity index (χ2n) is 6.30. The Labute approximate surface area is 146 Å². The summed E-state index contributed by atoms with van der Waals surface area (Å²) in [5.74, 6) is 0.105. The Balaban J connectivity index is 2.17. The largest absolute Gasteiger partial charge is 0.466 e. The van der Waals surface area contributed by atoms with Crippen LogP contribution in [-0.2, 0) is 16.0 Å². The molecule has 0 aromatic heterocycles. The van der Waals surface area contributed by atoms with Crippen molar-refractivity contribution in [3.8, 4) is 0 Å². The number of Topliss-reactive ketones (excluding diaryl/α,β-unsaturated/α-hetero) is 1. The van der Waals surface area contributed by atoms with Crippen molar-refractivity contribution in [1.82, 2.24) is 0 Å². The number of carbonyl (C=O) groups is 2. The second-order valence-corrected chi connectivity index (χ2v) is 6.30. The minimum absolute atomic E-state index is 0.118. The Kier molecular flexibility index (Phi) is 10.8. The molecule has 0 amide bonds. The van der Waals surface area contributed by atoms with E-state index in [0.29, 0.717) is 19.4 Å². The van der Waals surface area contributed by atoms with Crippen molar-refractivity contribution in [2.24, 2.45) is 0 Å². The van der Waals surface area contributed by atoms with Crippen molar-refractivity contribution in [1.29, 1.82) is 0 Å². The maximum absolute atomic E-state index is 12.2. The summed E-state index contributed by atoms with van der Waals surface area (Å²) in [6, 6.07) is 8.10. The Morgan fingerprint density at radius 2 is 1.50 bits per heavy atom. The van der Waals surface area contributed by atoms with Crippen molar-refractivity contribution < 1.29 is 14.3 Å². The van der Waals surface area contributed by atoms with Gasteiger partial charge in [-0.15, -0.1) is 0 Å². The predicted octanol–water partition coefficient (Wildman–Crippen LogP) is 5.51. The molecule has 0 spiro atoms. The third kappa shape index (κ3) is 8.85.